The number of anilines is 1. The second-order valence-electron chi connectivity index (χ2n) is 6.44. The maximum Gasteiger partial charge on any atom is 0.329 e. The van der Waals surface area contributed by atoms with E-state index in [0.29, 0.717) is 17.4 Å². The fraction of sp³-hybridized carbons (Fsp3) is 0.500. The Bertz CT molecular complexity index is 653. The molecule has 1 aromatic carbocycles. The molecule has 4 rings (SSSR count). The van der Waals surface area contributed by atoms with Gasteiger partial charge in [-0.15, -0.1) is 0 Å². The highest BCUT2D eigenvalue weighted by Gasteiger charge is 2.52. The number of nitrogens with zero attached hydrogens (tertiary/aromatic N) is 1. The van der Waals surface area contributed by atoms with E-state index in [4.69, 9.17) is 4.74 Å². The molecule has 0 bridgehead atoms. The Labute approximate surface area is 137 Å². The van der Waals surface area contributed by atoms with Crippen LogP contribution in [0.4, 0.5) is 10.5 Å². The van der Waals surface area contributed by atoms with Crippen LogP contribution in [0.5, 0.6) is 5.75 Å². The summed E-state index contributed by atoms with van der Waals surface area (Å²) in [5, 5.41) is 2.87. The SMILES string of the molecule is COc1cc(Br)cc(N2C(=O)NC(C3CC4CC4C3)C2=O)c1. The molecule has 0 radical (unpaired) electrons. The molecule has 1 saturated heterocycles. The molecule has 0 aromatic heterocycles. The van der Waals surface area contributed by atoms with E-state index in [2.05, 4.69) is 21.2 Å². The van der Waals surface area contributed by atoms with Crippen LogP contribution >= 0.6 is 15.9 Å². The molecule has 3 amide bonds. The zero-order valence-corrected chi connectivity index (χ0v) is 13.8. The molecule has 6 heteroatoms. The molecule has 1 aliphatic heterocycles. The van der Waals surface area contributed by atoms with Crippen molar-refractivity contribution < 1.29 is 14.3 Å². The fourth-order valence-corrected chi connectivity index (χ4v) is 4.35. The summed E-state index contributed by atoms with van der Waals surface area (Å²) in [5.74, 6) is 2.33. The van der Waals surface area contributed by atoms with Crippen LogP contribution < -0.4 is 15.0 Å². The largest absolute Gasteiger partial charge is 0.497 e. The van der Waals surface area contributed by atoms with Gasteiger partial charge in [-0.25, -0.2) is 9.69 Å². The first kappa shape index (κ1) is 14.1. The molecule has 3 unspecified atom stereocenters. The van der Waals surface area contributed by atoms with Crippen molar-refractivity contribution in [3.8, 4) is 5.75 Å². The quantitative estimate of drug-likeness (QED) is 0.838. The van der Waals surface area contributed by atoms with Crippen molar-refractivity contribution in [2.45, 2.75) is 25.3 Å². The Balaban J connectivity index is 1.60. The predicted molar refractivity (Wildman–Crippen MR) is 84.8 cm³/mol. The second-order valence-corrected chi connectivity index (χ2v) is 7.35. The Morgan fingerprint density at radius 3 is 2.50 bits per heavy atom. The summed E-state index contributed by atoms with van der Waals surface area (Å²) in [6.45, 7) is 0. The van der Waals surface area contributed by atoms with Crippen molar-refractivity contribution in [2.75, 3.05) is 12.0 Å². The van der Waals surface area contributed by atoms with Crippen molar-refractivity contribution in [2.24, 2.45) is 17.8 Å². The van der Waals surface area contributed by atoms with Gasteiger partial charge in [0.05, 0.1) is 12.8 Å². The number of carbonyl (C=O) groups excluding carboxylic acids is 2. The van der Waals surface area contributed by atoms with E-state index in [1.54, 1.807) is 25.3 Å². The number of amides is 3. The van der Waals surface area contributed by atoms with Gasteiger partial charge < -0.3 is 10.1 Å². The van der Waals surface area contributed by atoms with Crippen molar-refractivity contribution in [3.05, 3.63) is 22.7 Å². The number of carbonyl (C=O) groups is 2. The third kappa shape index (κ3) is 2.20. The van der Waals surface area contributed by atoms with E-state index in [-0.39, 0.29) is 18.0 Å². The maximum atomic E-state index is 12.7. The summed E-state index contributed by atoms with van der Waals surface area (Å²) in [6.07, 6.45) is 3.44. The Kier molecular flexibility index (Phi) is 3.18. The molecule has 2 aliphatic carbocycles. The van der Waals surface area contributed by atoms with Crippen molar-refractivity contribution in [1.82, 2.24) is 5.32 Å². The number of methoxy groups -OCH3 is 1. The van der Waals surface area contributed by atoms with Crippen molar-refractivity contribution >= 4 is 33.6 Å². The first-order chi connectivity index (χ1) is 10.6. The van der Waals surface area contributed by atoms with Gasteiger partial charge in [-0.1, -0.05) is 15.9 Å². The van der Waals surface area contributed by atoms with Gasteiger partial charge in [0, 0.05) is 10.5 Å². The Hall–Kier alpha value is -1.56. The minimum Gasteiger partial charge on any atom is -0.497 e. The lowest BCUT2D eigenvalue weighted by Crippen LogP contribution is -2.36. The van der Waals surface area contributed by atoms with Gasteiger partial charge in [0.2, 0.25) is 0 Å². The van der Waals surface area contributed by atoms with Crippen LogP contribution in [0.3, 0.4) is 0 Å². The van der Waals surface area contributed by atoms with Crippen LogP contribution in [0.1, 0.15) is 19.3 Å². The van der Waals surface area contributed by atoms with Gasteiger partial charge in [0.15, 0.2) is 0 Å². The average Bonchev–Trinajstić information content (AvgIpc) is 2.97. The number of urea groups is 1. The van der Waals surface area contributed by atoms with E-state index < -0.39 is 0 Å². The smallest absolute Gasteiger partial charge is 0.329 e. The number of benzene rings is 1. The minimum atomic E-state index is -0.370. The highest BCUT2D eigenvalue weighted by Crippen LogP contribution is 2.55. The van der Waals surface area contributed by atoms with Gasteiger partial charge in [0.25, 0.3) is 5.91 Å². The zero-order valence-electron chi connectivity index (χ0n) is 12.2. The van der Waals surface area contributed by atoms with Gasteiger partial charge in [0.1, 0.15) is 11.8 Å². The number of nitrogens with one attached hydrogen (secondary N) is 1. The summed E-state index contributed by atoms with van der Waals surface area (Å²) in [7, 11) is 1.56. The lowest BCUT2D eigenvalue weighted by Gasteiger charge is -2.18. The third-order valence-corrected chi connectivity index (χ3v) is 5.53. The highest BCUT2D eigenvalue weighted by atomic mass is 79.9. The monoisotopic (exact) mass is 364 g/mol. The lowest BCUT2D eigenvalue weighted by atomic mass is 9.94. The zero-order chi connectivity index (χ0) is 15.4. The number of ether oxygens (including phenoxy) is 1. The molecular formula is C16H17BrN2O3. The van der Waals surface area contributed by atoms with E-state index >= 15 is 0 Å². The van der Waals surface area contributed by atoms with Crippen molar-refractivity contribution in [3.63, 3.8) is 0 Å². The normalized spacial score (nSPS) is 32.9. The lowest BCUT2D eigenvalue weighted by molar-refractivity contribution is -0.119. The molecule has 1 heterocycles. The van der Waals surface area contributed by atoms with Gasteiger partial charge in [-0.3, -0.25) is 4.79 Å². The molecule has 2 saturated carbocycles. The van der Waals surface area contributed by atoms with Crippen LogP contribution in [0.15, 0.2) is 22.7 Å². The Morgan fingerprint density at radius 2 is 1.82 bits per heavy atom. The van der Waals surface area contributed by atoms with E-state index in [9.17, 15) is 9.59 Å². The summed E-state index contributed by atoms with van der Waals surface area (Å²) >= 11 is 3.39. The number of hydrogen-bond donors (Lipinski definition) is 1. The fourth-order valence-electron chi connectivity index (χ4n) is 3.89. The van der Waals surface area contributed by atoms with E-state index in [1.807, 2.05) is 0 Å². The summed E-state index contributed by atoms with van der Waals surface area (Å²) < 4.78 is 5.98. The molecular weight excluding hydrogens is 348 g/mol. The highest BCUT2D eigenvalue weighted by molar-refractivity contribution is 9.10. The van der Waals surface area contributed by atoms with Gasteiger partial charge >= 0.3 is 6.03 Å². The second kappa shape index (κ2) is 4.98. The molecule has 3 fully saturated rings. The molecule has 5 nitrogen and oxygen atoms in total. The third-order valence-electron chi connectivity index (χ3n) is 5.07. The molecule has 116 valence electrons. The summed E-state index contributed by atoms with van der Waals surface area (Å²) in [4.78, 5) is 26.3. The molecule has 1 N–H and O–H groups in total. The van der Waals surface area contributed by atoms with Crippen LogP contribution in [0.25, 0.3) is 0 Å². The van der Waals surface area contributed by atoms with Gasteiger partial charge in [-0.2, -0.15) is 0 Å². The summed E-state index contributed by atoms with van der Waals surface area (Å²) in [5.41, 5.74) is 0.541. The standard InChI is InChI=1S/C16H17BrN2O3/c1-22-13-6-11(17)5-12(7-13)19-15(20)14(18-16(19)21)10-3-8-2-9(8)4-10/h5-10,14H,2-4H2,1H3,(H,18,21). The van der Waals surface area contributed by atoms with E-state index in [0.717, 1.165) is 29.2 Å². The molecule has 3 atom stereocenters. The van der Waals surface area contributed by atoms with Crippen LogP contribution in [0, 0.1) is 17.8 Å². The molecule has 3 aliphatic rings. The number of imide groups is 1. The molecule has 1 aromatic rings. The van der Waals surface area contributed by atoms with Crippen LogP contribution in [-0.4, -0.2) is 25.1 Å². The maximum absolute atomic E-state index is 12.7. The number of rotatable bonds is 3. The van der Waals surface area contributed by atoms with Crippen LogP contribution in [-0.2, 0) is 4.79 Å². The first-order valence-corrected chi connectivity index (χ1v) is 8.35. The minimum absolute atomic E-state index is 0.142. The molecule has 22 heavy (non-hydrogen) atoms. The van der Waals surface area contributed by atoms with E-state index in [1.165, 1.54) is 11.3 Å². The first-order valence-electron chi connectivity index (χ1n) is 7.56. The van der Waals surface area contributed by atoms with Crippen LogP contribution in [0.2, 0.25) is 0 Å². The van der Waals surface area contributed by atoms with Gasteiger partial charge in [-0.05, 0) is 49.1 Å². The topological polar surface area (TPSA) is 58.6 Å². The summed E-state index contributed by atoms with van der Waals surface area (Å²) in [6, 6.07) is 4.55. The predicted octanol–water partition coefficient (Wildman–Crippen LogP) is 2.93. The molecule has 0 spiro atoms. The number of hydrogen-bond acceptors (Lipinski definition) is 3. The number of fused-ring (bicyclic) bond motifs is 1. The number of halogens is 1. The average molecular weight is 365 g/mol. The van der Waals surface area contributed by atoms with Crippen molar-refractivity contribution in [1.29, 1.82) is 0 Å². The Morgan fingerprint density at radius 1 is 1.14 bits per heavy atom.